The first-order chi connectivity index (χ1) is 14.2. The zero-order chi connectivity index (χ0) is 22.4. The molecule has 0 saturated heterocycles. The summed E-state index contributed by atoms with van der Waals surface area (Å²) >= 11 is 0. The maximum absolute atomic E-state index is 12.2. The number of aromatic carboxylic acids is 1. The molecule has 13 heteroatoms. The Balaban J connectivity index is 2.34. The summed E-state index contributed by atoms with van der Waals surface area (Å²) in [5.41, 5.74) is 0.146. The molecule has 13 nitrogen and oxygen atoms in total. The summed E-state index contributed by atoms with van der Waals surface area (Å²) < 4.78 is 10.1. The predicted molar refractivity (Wildman–Crippen MR) is 101 cm³/mol. The van der Waals surface area contributed by atoms with Crippen LogP contribution in [0.25, 0.3) is 0 Å². The molecule has 2 rings (SSSR count). The molecule has 1 amide bonds. The lowest BCUT2D eigenvalue weighted by Crippen LogP contribution is -2.18. The van der Waals surface area contributed by atoms with Gasteiger partial charge in [-0.15, -0.1) is 0 Å². The molecule has 0 aromatic heterocycles. The minimum atomic E-state index is -1.34. The van der Waals surface area contributed by atoms with Gasteiger partial charge >= 0.3 is 5.97 Å². The largest absolute Gasteiger partial charge is 0.493 e. The average Bonchev–Trinajstić information content (AvgIpc) is 2.72. The minimum absolute atomic E-state index is 0.0606. The van der Waals surface area contributed by atoms with Gasteiger partial charge in [-0.25, -0.2) is 10.2 Å². The monoisotopic (exact) mass is 418 g/mol. The van der Waals surface area contributed by atoms with Crippen LogP contribution in [0.3, 0.4) is 0 Å². The van der Waals surface area contributed by atoms with Crippen LogP contribution in [0.15, 0.2) is 35.4 Å². The number of nitro benzene ring substituents is 2. The molecule has 2 aromatic carbocycles. The summed E-state index contributed by atoms with van der Waals surface area (Å²) in [6.45, 7) is 0. The summed E-state index contributed by atoms with van der Waals surface area (Å²) in [6, 6.07) is 5.19. The van der Waals surface area contributed by atoms with E-state index < -0.39 is 33.1 Å². The van der Waals surface area contributed by atoms with E-state index in [-0.39, 0.29) is 28.2 Å². The highest BCUT2D eigenvalue weighted by Gasteiger charge is 2.21. The highest BCUT2D eigenvalue weighted by Crippen LogP contribution is 2.32. The van der Waals surface area contributed by atoms with Gasteiger partial charge in [-0.1, -0.05) is 0 Å². The molecule has 0 radical (unpaired) electrons. The van der Waals surface area contributed by atoms with Gasteiger partial charge in [0, 0.05) is 17.7 Å². The van der Waals surface area contributed by atoms with Crippen LogP contribution in [0.2, 0.25) is 0 Å². The molecular weight excluding hydrogens is 404 g/mol. The summed E-state index contributed by atoms with van der Waals surface area (Å²) in [5, 5.41) is 34.9. The summed E-state index contributed by atoms with van der Waals surface area (Å²) in [4.78, 5) is 43.8. The van der Waals surface area contributed by atoms with Crippen LogP contribution < -0.4 is 14.9 Å². The Kier molecular flexibility index (Phi) is 6.59. The van der Waals surface area contributed by atoms with Crippen molar-refractivity contribution in [2.45, 2.75) is 0 Å². The second kappa shape index (κ2) is 9.09. The number of carbonyl (C=O) groups excluding carboxylic acids is 1. The number of nitrogens with zero attached hydrogens (tertiary/aromatic N) is 3. The van der Waals surface area contributed by atoms with E-state index in [0.29, 0.717) is 6.07 Å². The number of carboxylic acid groups (broad SMARTS) is 1. The molecule has 0 fully saturated rings. The molecule has 0 heterocycles. The zero-order valence-electron chi connectivity index (χ0n) is 15.5. The minimum Gasteiger partial charge on any atom is -0.493 e. The number of benzene rings is 2. The summed E-state index contributed by atoms with van der Waals surface area (Å²) in [6.07, 6.45) is 1.01. The van der Waals surface area contributed by atoms with Crippen LogP contribution in [-0.4, -0.2) is 47.3 Å². The smallest absolute Gasteiger partial charge is 0.340 e. The number of rotatable bonds is 8. The van der Waals surface area contributed by atoms with Crippen molar-refractivity contribution in [2.75, 3.05) is 14.2 Å². The Hall–Kier alpha value is -4.55. The molecule has 0 aliphatic rings. The van der Waals surface area contributed by atoms with Gasteiger partial charge in [0.25, 0.3) is 17.3 Å². The Morgan fingerprint density at radius 2 is 1.67 bits per heavy atom. The topological polar surface area (TPSA) is 183 Å². The molecule has 156 valence electrons. The molecular formula is C17H14N4O9. The first kappa shape index (κ1) is 21.7. The third-order valence-electron chi connectivity index (χ3n) is 3.75. The molecule has 0 bridgehead atoms. The van der Waals surface area contributed by atoms with E-state index in [4.69, 9.17) is 9.47 Å². The van der Waals surface area contributed by atoms with Gasteiger partial charge in [-0.3, -0.25) is 25.0 Å². The number of nitrogens with one attached hydrogen (secondary N) is 1. The van der Waals surface area contributed by atoms with Crippen LogP contribution in [0.1, 0.15) is 26.3 Å². The van der Waals surface area contributed by atoms with Crippen molar-refractivity contribution in [1.29, 1.82) is 0 Å². The number of hydrogen-bond acceptors (Lipinski definition) is 9. The number of carboxylic acids is 1. The summed E-state index contributed by atoms with van der Waals surface area (Å²) in [7, 11) is 2.58. The fourth-order valence-electron chi connectivity index (χ4n) is 2.43. The number of methoxy groups -OCH3 is 2. The highest BCUT2D eigenvalue weighted by atomic mass is 16.6. The maximum atomic E-state index is 12.2. The molecule has 0 spiro atoms. The maximum Gasteiger partial charge on any atom is 0.340 e. The molecule has 0 unspecified atom stereocenters. The van der Waals surface area contributed by atoms with E-state index in [1.807, 2.05) is 5.43 Å². The van der Waals surface area contributed by atoms with E-state index in [1.54, 1.807) is 0 Å². The Bertz CT molecular complexity index is 1030. The number of carbonyl (C=O) groups is 2. The van der Waals surface area contributed by atoms with Gasteiger partial charge in [-0.05, 0) is 12.1 Å². The quantitative estimate of drug-likeness (QED) is 0.367. The van der Waals surface area contributed by atoms with E-state index in [0.717, 1.165) is 18.3 Å². The fraction of sp³-hybridized carbons (Fsp3) is 0.118. The lowest BCUT2D eigenvalue weighted by Gasteiger charge is -2.12. The average molecular weight is 418 g/mol. The van der Waals surface area contributed by atoms with Gasteiger partial charge in [0.1, 0.15) is 5.56 Å². The van der Waals surface area contributed by atoms with Gasteiger partial charge < -0.3 is 14.6 Å². The predicted octanol–water partition coefficient (Wildman–Crippen LogP) is 1.98. The van der Waals surface area contributed by atoms with Crippen molar-refractivity contribution < 1.29 is 34.0 Å². The summed E-state index contributed by atoms with van der Waals surface area (Å²) in [5.74, 6) is -2.21. The number of amides is 1. The Morgan fingerprint density at radius 3 is 2.13 bits per heavy atom. The normalized spacial score (nSPS) is 10.5. The molecule has 2 aromatic rings. The van der Waals surface area contributed by atoms with E-state index in [9.17, 15) is 34.9 Å². The SMILES string of the molecule is COc1ccc(C=NNC(=O)c2cc([N+](=O)[O-])cc([N+](=O)[O-])c2)c(C(=O)O)c1OC. The Labute approximate surface area is 167 Å². The molecule has 30 heavy (non-hydrogen) atoms. The lowest BCUT2D eigenvalue weighted by molar-refractivity contribution is -0.394. The molecule has 0 saturated carbocycles. The van der Waals surface area contributed by atoms with Crippen LogP contribution >= 0.6 is 0 Å². The van der Waals surface area contributed by atoms with Crippen molar-refractivity contribution in [2.24, 2.45) is 5.10 Å². The molecule has 0 aliphatic heterocycles. The molecule has 2 N–H and O–H groups in total. The first-order valence-corrected chi connectivity index (χ1v) is 7.95. The van der Waals surface area contributed by atoms with Gasteiger partial charge in [0.15, 0.2) is 11.5 Å². The van der Waals surface area contributed by atoms with E-state index in [1.165, 1.54) is 26.4 Å². The van der Waals surface area contributed by atoms with Gasteiger partial charge in [0.2, 0.25) is 0 Å². The second-order valence-electron chi connectivity index (χ2n) is 5.52. The number of hydrazone groups is 1. The van der Waals surface area contributed by atoms with Crippen LogP contribution in [-0.2, 0) is 0 Å². The Morgan fingerprint density at radius 1 is 1.07 bits per heavy atom. The van der Waals surface area contributed by atoms with Crippen molar-refractivity contribution >= 4 is 29.5 Å². The van der Waals surface area contributed by atoms with Crippen molar-refractivity contribution in [3.8, 4) is 11.5 Å². The van der Waals surface area contributed by atoms with Crippen molar-refractivity contribution in [3.05, 3.63) is 67.3 Å². The van der Waals surface area contributed by atoms with E-state index in [2.05, 4.69) is 5.10 Å². The number of non-ortho nitro benzene ring substituents is 2. The lowest BCUT2D eigenvalue weighted by atomic mass is 10.1. The van der Waals surface area contributed by atoms with Gasteiger partial charge in [0.05, 0.1) is 41.9 Å². The first-order valence-electron chi connectivity index (χ1n) is 7.95. The third-order valence-corrected chi connectivity index (χ3v) is 3.75. The van der Waals surface area contributed by atoms with Crippen molar-refractivity contribution in [1.82, 2.24) is 5.43 Å². The highest BCUT2D eigenvalue weighted by molar-refractivity contribution is 6.02. The number of ether oxygens (including phenoxy) is 2. The van der Waals surface area contributed by atoms with Crippen LogP contribution in [0.5, 0.6) is 11.5 Å². The standard InChI is InChI=1S/C17H14N4O9/c1-29-13-4-3-9(14(17(23)24)15(13)30-2)8-18-19-16(22)10-5-11(20(25)26)7-12(6-10)21(27)28/h3-8H,1-2H3,(H,19,22)(H,23,24). The number of hydrogen-bond donors (Lipinski definition) is 2. The van der Waals surface area contributed by atoms with E-state index >= 15 is 0 Å². The second-order valence-corrected chi connectivity index (χ2v) is 5.52. The van der Waals surface area contributed by atoms with Gasteiger partial charge in [-0.2, -0.15) is 5.10 Å². The molecule has 0 aliphatic carbocycles. The van der Waals surface area contributed by atoms with Crippen LogP contribution in [0, 0.1) is 20.2 Å². The fourth-order valence-corrected chi connectivity index (χ4v) is 2.43. The zero-order valence-corrected chi connectivity index (χ0v) is 15.5. The molecule has 0 atom stereocenters. The number of nitro groups is 2. The van der Waals surface area contributed by atoms with Crippen LogP contribution in [0.4, 0.5) is 11.4 Å². The third kappa shape index (κ3) is 4.64. The van der Waals surface area contributed by atoms with Crippen molar-refractivity contribution in [3.63, 3.8) is 0 Å².